The molecule has 3 nitrogen and oxygen atoms in total. The van der Waals surface area contributed by atoms with Gasteiger partial charge in [0.25, 0.3) is 0 Å². The second-order valence-electron chi connectivity index (χ2n) is 2.97. The highest BCUT2D eigenvalue weighted by Gasteiger charge is 2.11. The normalized spacial score (nSPS) is 12.1. The zero-order valence-electron chi connectivity index (χ0n) is 7.83. The average Bonchev–Trinajstić information content (AvgIpc) is 2.14. The van der Waals surface area contributed by atoms with Crippen LogP contribution in [0.15, 0.2) is 28.7 Å². The van der Waals surface area contributed by atoms with E-state index in [1.54, 1.807) is 0 Å². The molecule has 1 atom stereocenters. The first-order valence-electron chi connectivity index (χ1n) is 4.38. The molecular weight excluding hydrogens is 246 g/mol. The number of hydrogen-bond donors (Lipinski definition) is 2. The minimum absolute atomic E-state index is 0.134. The summed E-state index contributed by atoms with van der Waals surface area (Å²) in [5, 5.41) is 11.1. The van der Waals surface area contributed by atoms with Gasteiger partial charge in [0.15, 0.2) is 0 Å². The molecule has 0 aliphatic rings. The summed E-state index contributed by atoms with van der Waals surface area (Å²) in [6.45, 7) is 1.95. The van der Waals surface area contributed by atoms with Gasteiger partial charge in [-0.25, -0.2) is 4.79 Å². The Morgan fingerprint density at radius 2 is 2.36 bits per heavy atom. The lowest BCUT2D eigenvalue weighted by molar-refractivity contribution is 0.189. The lowest BCUT2D eigenvalue weighted by Crippen LogP contribution is -2.26. The van der Waals surface area contributed by atoms with Crippen LogP contribution in [0.1, 0.15) is 24.9 Å². The van der Waals surface area contributed by atoms with Gasteiger partial charge in [0.1, 0.15) is 0 Å². The Labute approximate surface area is 91.3 Å². The van der Waals surface area contributed by atoms with Crippen molar-refractivity contribution in [2.45, 2.75) is 19.4 Å². The largest absolute Gasteiger partial charge is 0.465 e. The van der Waals surface area contributed by atoms with Gasteiger partial charge >= 0.3 is 6.09 Å². The Morgan fingerprint density at radius 1 is 1.64 bits per heavy atom. The molecule has 76 valence electrons. The van der Waals surface area contributed by atoms with E-state index in [4.69, 9.17) is 5.11 Å². The third-order valence-corrected chi connectivity index (χ3v) is 2.45. The number of nitrogens with one attached hydrogen (secondary N) is 1. The van der Waals surface area contributed by atoms with Gasteiger partial charge in [-0.05, 0) is 24.1 Å². The Balaban J connectivity index is 2.83. The summed E-state index contributed by atoms with van der Waals surface area (Å²) < 4.78 is 0.959. The molecule has 0 aromatic heterocycles. The van der Waals surface area contributed by atoms with Gasteiger partial charge in [0, 0.05) is 4.47 Å². The molecule has 14 heavy (non-hydrogen) atoms. The van der Waals surface area contributed by atoms with Gasteiger partial charge in [0.05, 0.1) is 6.04 Å². The Morgan fingerprint density at radius 3 is 2.86 bits per heavy atom. The molecule has 0 fully saturated rings. The predicted molar refractivity (Wildman–Crippen MR) is 58.3 cm³/mol. The zero-order valence-corrected chi connectivity index (χ0v) is 9.41. The minimum Gasteiger partial charge on any atom is -0.465 e. The van der Waals surface area contributed by atoms with Crippen LogP contribution in [0.2, 0.25) is 0 Å². The van der Waals surface area contributed by atoms with Gasteiger partial charge in [-0.1, -0.05) is 35.0 Å². The molecule has 0 aliphatic carbocycles. The fourth-order valence-corrected chi connectivity index (χ4v) is 1.71. The monoisotopic (exact) mass is 257 g/mol. The van der Waals surface area contributed by atoms with Crippen molar-refractivity contribution in [1.82, 2.24) is 5.32 Å². The van der Waals surface area contributed by atoms with Crippen LogP contribution in [0.5, 0.6) is 0 Å². The van der Waals surface area contributed by atoms with Crippen LogP contribution in [0.4, 0.5) is 4.79 Å². The highest BCUT2D eigenvalue weighted by molar-refractivity contribution is 9.10. The maximum Gasteiger partial charge on any atom is 0.405 e. The molecule has 0 spiro atoms. The maximum absolute atomic E-state index is 10.5. The van der Waals surface area contributed by atoms with Crippen LogP contribution in [0, 0.1) is 0 Å². The fraction of sp³-hybridized carbons (Fsp3) is 0.300. The number of halogens is 1. The van der Waals surface area contributed by atoms with E-state index in [2.05, 4.69) is 21.2 Å². The molecule has 0 saturated heterocycles. The summed E-state index contributed by atoms with van der Waals surface area (Å²) in [7, 11) is 0. The standard InChI is InChI=1S/C10H12BrNO2/c1-2-9(12-10(13)14)7-4-3-5-8(11)6-7/h3-6,9,12H,2H2,1H3,(H,13,14). The van der Waals surface area contributed by atoms with Crippen LogP contribution in [-0.4, -0.2) is 11.2 Å². The van der Waals surface area contributed by atoms with Gasteiger partial charge in [-0.2, -0.15) is 0 Å². The summed E-state index contributed by atoms with van der Waals surface area (Å²) >= 11 is 3.35. The SMILES string of the molecule is CCC(NC(=O)O)c1cccc(Br)c1. The number of hydrogen-bond acceptors (Lipinski definition) is 1. The van der Waals surface area contributed by atoms with Crippen molar-refractivity contribution in [3.8, 4) is 0 Å². The molecule has 0 bridgehead atoms. The molecule has 4 heteroatoms. The second kappa shape index (κ2) is 5.00. The van der Waals surface area contributed by atoms with Crippen LogP contribution in [0.25, 0.3) is 0 Å². The number of carboxylic acid groups (broad SMARTS) is 1. The molecular formula is C10H12BrNO2. The quantitative estimate of drug-likeness (QED) is 0.874. The van der Waals surface area contributed by atoms with Crippen molar-refractivity contribution in [2.24, 2.45) is 0 Å². The van der Waals surface area contributed by atoms with E-state index in [9.17, 15) is 4.79 Å². The average molecular weight is 258 g/mol. The van der Waals surface area contributed by atoms with Crippen molar-refractivity contribution >= 4 is 22.0 Å². The first kappa shape index (κ1) is 11.0. The first-order chi connectivity index (χ1) is 6.63. The van der Waals surface area contributed by atoms with E-state index in [-0.39, 0.29) is 6.04 Å². The summed E-state index contributed by atoms with van der Waals surface area (Å²) in [5.74, 6) is 0. The molecule has 1 aromatic carbocycles. The lowest BCUT2D eigenvalue weighted by Gasteiger charge is -2.15. The maximum atomic E-state index is 10.5. The summed E-state index contributed by atoms with van der Waals surface area (Å²) in [4.78, 5) is 10.5. The van der Waals surface area contributed by atoms with Crippen molar-refractivity contribution in [1.29, 1.82) is 0 Å². The zero-order chi connectivity index (χ0) is 10.6. The predicted octanol–water partition coefficient (Wildman–Crippen LogP) is 3.17. The molecule has 1 rings (SSSR count). The van der Waals surface area contributed by atoms with E-state index in [1.165, 1.54) is 0 Å². The summed E-state index contributed by atoms with van der Waals surface area (Å²) in [6.07, 6.45) is -0.250. The highest BCUT2D eigenvalue weighted by Crippen LogP contribution is 2.20. The number of benzene rings is 1. The van der Waals surface area contributed by atoms with Crippen molar-refractivity contribution in [2.75, 3.05) is 0 Å². The van der Waals surface area contributed by atoms with Gasteiger partial charge in [-0.3, -0.25) is 0 Å². The molecule has 1 aromatic rings. The van der Waals surface area contributed by atoms with Crippen LogP contribution < -0.4 is 5.32 Å². The molecule has 0 radical (unpaired) electrons. The van der Waals surface area contributed by atoms with E-state index in [0.29, 0.717) is 0 Å². The van der Waals surface area contributed by atoms with E-state index in [1.807, 2.05) is 31.2 Å². The van der Waals surface area contributed by atoms with E-state index >= 15 is 0 Å². The molecule has 2 N–H and O–H groups in total. The van der Waals surface area contributed by atoms with Crippen molar-refractivity contribution in [3.63, 3.8) is 0 Å². The molecule has 0 saturated carbocycles. The Bertz CT molecular complexity index is 328. The Hall–Kier alpha value is -1.03. The van der Waals surface area contributed by atoms with Crippen molar-refractivity contribution in [3.05, 3.63) is 34.3 Å². The third-order valence-electron chi connectivity index (χ3n) is 1.96. The number of amides is 1. The first-order valence-corrected chi connectivity index (χ1v) is 5.17. The second-order valence-corrected chi connectivity index (χ2v) is 3.88. The summed E-state index contributed by atoms with van der Waals surface area (Å²) in [5.41, 5.74) is 0.976. The smallest absolute Gasteiger partial charge is 0.405 e. The topological polar surface area (TPSA) is 49.3 Å². The highest BCUT2D eigenvalue weighted by atomic mass is 79.9. The minimum atomic E-state index is -0.989. The van der Waals surface area contributed by atoms with Gasteiger partial charge in [0.2, 0.25) is 0 Å². The molecule has 0 heterocycles. The number of rotatable bonds is 3. The third kappa shape index (κ3) is 3.03. The molecule has 1 amide bonds. The molecule has 1 unspecified atom stereocenters. The number of carbonyl (C=O) groups is 1. The fourth-order valence-electron chi connectivity index (χ4n) is 1.29. The van der Waals surface area contributed by atoms with Crippen LogP contribution in [0.3, 0.4) is 0 Å². The van der Waals surface area contributed by atoms with Crippen molar-refractivity contribution < 1.29 is 9.90 Å². The van der Waals surface area contributed by atoms with Crippen LogP contribution in [-0.2, 0) is 0 Å². The van der Waals surface area contributed by atoms with E-state index in [0.717, 1.165) is 16.5 Å². The molecule has 0 aliphatic heterocycles. The lowest BCUT2D eigenvalue weighted by atomic mass is 10.1. The Kier molecular flexibility index (Phi) is 3.95. The van der Waals surface area contributed by atoms with Gasteiger partial charge < -0.3 is 10.4 Å². The van der Waals surface area contributed by atoms with Gasteiger partial charge in [-0.15, -0.1) is 0 Å². The van der Waals surface area contributed by atoms with Crippen LogP contribution >= 0.6 is 15.9 Å². The van der Waals surface area contributed by atoms with E-state index < -0.39 is 6.09 Å². The summed E-state index contributed by atoms with van der Waals surface area (Å²) in [6, 6.07) is 7.51.